The predicted molar refractivity (Wildman–Crippen MR) is 110 cm³/mol. The summed E-state index contributed by atoms with van der Waals surface area (Å²) in [5.74, 6) is -0.669. The Hall–Kier alpha value is -3.80. The van der Waals surface area contributed by atoms with Crippen LogP contribution < -0.4 is 20.7 Å². The lowest BCUT2D eigenvalue weighted by atomic mass is 10.2. The second-order valence-corrected chi connectivity index (χ2v) is 6.05. The van der Waals surface area contributed by atoms with Crippen LogP contribution in [0.5, 0.6) is 5.75 Å². The van der Waals surface area contributed by atoms with Gasteiger partial charge in [0, 0.05) is 23.6 Å². The van der Waals surface area contributed by atoms with Crippen molar-refractivity contribution >= 4 is 28.9 Å². The maximum Gasteiger partial charge on any atom is 0.313 e. The first-order valence-corrected chi connectivity index (χ1v) is 8.78. The molecule has 28 heavy (non-hydrogen) atoms. The molecular formula is C22H21N3O3. The molecule has 6 heteroatoms. The monoisotopic (exact) mass is 375 g/mol. The van der Waals surface area contributed by atoms with Crippen LogP contribution in [0.25, 0.3) is 0 Å². The second-order valence-electron chi connectivity index (χ2n) is 6.05. The zero-order valence-corrected chi connectivity index (χ0v) is 15.4. The molecule has 0 aliphatic carbocycles. The maximum atomic E-state index is 12.1. The van der Waals surface area contributed by atoms with Crippen LogP contribution in [-0.4, -0.2) is 18.9 Å². The number of carbonyl (C=O) groups is 2. The Bertz CT molecular complexity index is 924. The lowest BCUT2D eigenvalue weighted by molar-refractivity contribution is -0.136. The number of methoxy groups -OCH3 is 1. The quantitative estimate of drug-likeness (QED) is 0.574. The minimum absolute atomic E-state index is 0.260. The van der Waals surface area contributed by atoms with Crippen molar-refractivity contribution in [2.45, 2.75) is 6.54 Å². The van der Waals surface area contributed by atoms with Crippen molar-refractivity contribution in [3.63, 3.8) is 0 Å². The van der Waals surface area contributed by atoms with E-state index in [2.05, 4.69) is 16.0 Å². The third-order valence-corrected chi connectivity index (χ3v) is 4.02. The predicted octanol–water partition coefficient (Wildman–Crippen LogP) is 3.69. The van der Waals surface area contributed by atoms with Gasteiger partial charge in [0.2, 0.25) is 0 Å². The summed E-state index contributed by atoms with van der Waals surface area (Å²) < 4.78 is 5.09. The van der Waals surface area contributed by atoms with Crippen LogP contribution in [0.1, 0.15) is 5.56 Å². The molecule has 0 heterocycles. The van der Waals surface area contributed by atoms with Crippen LogP contribution in [0, 0.1) is 0 Å². The van der Waals surface area contributed by atoms with Crippen molar-refractivity contribution in [3.8, 4) is 5.75 Å². The van der Waals surface area contributed by atoms with Crippen LogP contribution in [0.15, 0.2) is 78.9 Å². The largest absolute Gasteiger partial charge is 0.497 e. The van der Waals surface area contributed by atoms with Crippen LogP contribution >= 0.6 is 0 Å². The van der Waals surface area contributed by atoms with Gasteiger partial charge in [0.25, 0.3) is 0 Å². The Morgan fingerprint density at radius 2 is 1.36 bits per heavy atom. The summed E-state index contributed by atoms with van der Waals surface area (Å²) >= 11 is 0. The van der Waals surface area contributed by atoms with Crippen molar-refractivity contribution in [2.75, 3.05) is 17.7 Å². The van der Waals surface area contributed by atoms with Crippen molar-refractivity contribution < 1.29 is 14.3 Å². The number of rotatable bonds is 6. The van der Waals surface area contributed by atoms with E-state index in [1.165, 1.54) is 0 Å². The molecule has 0 fully saturated rings. The van der Waals surface area contributed by atoms with E-state index in [9.17, 15) is 9.59 Å². The third-order valence-electron chi connectivity index (χ3n) is 4.02. The van der Waals surface area contributed by atoms with E-state index >= 15 is 0 Å². The van der Waals surface area contributed by atoms with Gasteiger partial charge in [0.1, 0.15) is 5.75 Å². The van der Waals surface area contributed by atoms with Gasteiger partial charge in [-0.15, -0.1) is 0 Å². The summed E-state index contributed by atoms with van der Waals surface area (Å²) in [7, 11) is 1.59. The number of ether oxygens (including phenoxy) is 1. The molecule has 3 aromatic carbocycles. The minimum atomic E-state index is -0.711. The smallest absolute Gasteiger partial charge is 0.313 e. The second kappa shape index (κ2) is 9.23. The molecule has 6 nitrogen and oxygen atoms in total. The summed E-state index contributed by atoms with van der Waals surface area (Å²) in [6.45, 7) is 0.260. The molecule has 3 N–H and O–H groups in total. The lowest BCUT2D eigenvalue weighted by Gasteiger charge is -2.09. The standard InChI is InChI=1S/C22H21N3O3/c1-28-20-13-7-16(8-14-20)15-23-21(26)22(27)25-19-11-9-18(10-12-19)24-17-5-3-2-4-6-17/h2-14,24H,15H2,1H3,(H,23,26)(H,25,27). The number of nitrogens with one attached hydrogen (secondary N) is 3. The van der Waals surface area contributed by atoms with Crippen molar-refractivity contribution in [1.29, 1.82) is 0 Å². The highest BCUT2D eigenvalue weighted by Crippen LogP contribution is 2.18. The van der Waals surface area contributed by atoms with Gasteiger partial charge in [-0.3, -0.25) is 9.59 Å². The number of anilines is 3. The Balaban J connectivity index is 1.49. The highest BCUT2D eigenvalue weighted by molar-refractivity contribution is 6.39. The van der Waals surface area contributed by atoms with Crippen molar-refractivity contribution in [2.24, 2.45) is 0 Å². The van der Waals surface area contributed by atoms with Gasteiger partial charge < -0.3 is 20.7 Å². The fourth-order valence-electron chi connectivity index (χ4n) is 2.52. The van der Waals surface area contributed by atoms with Gasteiger partial charge in [-0.05, 0) is 54.1 Å². The van der Waals surface area contributed by atoms with Gasteiger partial charge >= 0.3 is 11.8 Å². The normalized spacial score (nSPS) is 10.0. The molecule has 3 rings (SSSR count). The number of carbonyl (C=O) groups excluding carboxylic acids is 2. The SMILES string of the molecule is COc1ccc(CNC(=O)C(=O)Nc2ccc(Nc3ccccc3)cc2)cc1. The van der Waals surface area contributed by atoms with Crippen LogP contribution in [0.2, 0.25) is 0 Å². The highest BCUT2D eigenvalue weighted by Gasteiger charge is 2.13. The lowest BCUT2D eigenvalue weighted by Crippen LogP contribution is -2.34. The van der Waals surface area contributed by atoms with E-state index in [0.29, 0.717) is 5.69 Å². The van der Waals surface area contributed by atoms with Gasteiger partial charge in [0.15, 0.2) is 0 Å². The molecule has 0 aromatic heterocycles. The molecule has 0 atom stereocenters. The summed E-state index contributed by atoms with van der Waals surface area (Å²) in [6.07, 6.45) is 0. The molecule has 0 saturated carbocycles. The molecule has 0 aliphatic heterocycles. The Kier molecular flexibility index (Phi) is 6.25. The molecule has 0 radical (unpaired) electrons. The average molecular weight is 375 g/mol. The van der Waals surface area contributed by atoms with Crippen molar-refractivity contribution in [3.05, 3.63) is 84.4 Å². The number of para-hydroxylation sites is 1. The topological polar surface area (TPSA) is 79.5 Å². The Labute approximate surface area is 163 Å². The van der Waals surface area contributed by atoms with Crippen LogP contribution in [0.4, 0.5) is 17.1 Å². The number of amides is 2. The number of hydrogen-bond donors (Lipinski definition) is 3. The molecule has 0 bridgehead atoms. The van der Waals surface area contributed by atoms with E-state index in [0.717, 1.165) is 22.7 Å². The minimum Gasteiger partial charge on any atom is -0.497 e. The van der Waals surface area contributed by atoms with Gasteiger partial charge in [0.05, 0.1) is 7.11 Å². The molecule has 0 spiro atoms. The molecular weight excluding hydrogens is 354 g/mol. The average Bonchev–Trinajstić information content (AvgIpc) is 2.74. The van der Waals surface area contributed by atoms with E-state index < -0.39 is 11.8 Å². The van der Waals surface area contributed by atoms with Gasteiger partial charge in [-0.2, -0.15) is 0 Å². The summed E-state index contributed by atoms with van der Waals surface area (Å²) in [5, 5.41) is 8.44. The number of hydrogen-bond acceptors (Lipinski definition) is 4. The summed E-state index contributed by atoms with van der Waals surface area (Å²) in [4.78, 5) is 24.0. The molecule has 0 aliphatic rings. The maximum absolute atomic E-state index is 12.1. The molecule has 2 amide bonds. The summed E-state index contributed by atoms with van der Waals surface area (Å²) in [5.41, 5.74) is 3.27. The summed E-state index contributed by atoms with van der Waals surface area (Å²) in [6, 6.07) is 24.2. The molecule has 142 valence electrons. The van der Waals surface area contributed by atoms with Gasteiger partial charge in [-0.1, -0.05) is 30.3 Å². The van der Waals surface area contributed by atoms with Gasteiger partial charge in [-0.25, -0.2) is 0 Å². The van der Waals surface area contributed by atoms with E-state index in [4.69, 9.17) is 4.74 Å². The van der Waals surface area contributed by atoms with Crippen molar-refractivity contribution in [1.82, 2.24) is 5.32 Å². The highest BCUT2D eigenvalue weighted by atomic mass is 16.5. The first-order valence-electron chi connectivity index (χ1n) is 8.78. The first-order chi connectivity index (χ1) is 13.6. The fraction of sp³-hybridized carbons (Fsp3) is 0.0909. The Morgan fingerprint density at radius 1 is 0.750 bits per heavy atom. The first kappa shape index (κ1) is 19.0. The van der Waals surface area contributed by atoms with E-state index in [1.807, 2.05) is 54.6 Å². The van der Waals surface area contributed by atoms with Crippen LogP contribution in [-0.2, 0) is 16.1 Å². The Morgan fingerprint density at radius 3 is 2.00 bits per heavy atom. The van der Waals surface area contributed by atoms with E-state index in [-0.39, 0.29) is 6.54 Å². The van der Waals surface area contributed by atoms with E-state index in [1.54, 1.807) is 31.4 Å². The third kappa shape index (κ3) is 5.35. The molecule has 3 aromatic rings. The number of benzene rings is 3. The zero-order valence-electron chi connectivity index (χ0n) is 15.4. The fourth-order valence-corrected chi connectivity index (χ4v) is 2.52. The van der Waals surface area contributed by atoms with Crippen LogP contribution in [0.3, 0.4) is 0 Å². The molecule has 0 unspecified atom stereocenters. The zero-order chi connectivity index (χ0) is 19.8. The molecule has 0 saturated heterocycles.